The standard InChI is InChI=1S/C18H19N5O2/c1-12-15(18(22-11-21-12)23-5-7-25-8-6-23)4-3-14-9-16(17(19)24)13(2)20-10-14/h9-11H,5-8H2,1-2H3,(H2,19,24). The summed E-state index contributed by atoms with van der Waals surface area (Å²) in [4.78, 5) is 26.4. The van der Waals surface area contributed by atoms with Crippen molar-refractivity contribution in [3.05, 3.63) is 46.7 Å². The second-order valence-corrected chi connectivity index (χ2v) is 5.73. The molecule has 1 amide bonds. The summed E-state index contributed by atoms with van der Waals surface area (Å²) in [6, 6.07) is 1.66. The summed E-state index contributed by atoms with van der Waals surface area (Å²) in [5.74, 6) is 6.47. The van der Waals surface area contributed by atoms with E-state index in [2.05, 4.69) is 31.7 Å². The number of pyridine rings is 1. The van der Waals surface area contributed by atoms with Crippen LogP contribution in [0.3, 0.4) is 0 Å². The average Bonchev–Trinajstić information content (AvgIpc) is 2.62. The van der Waals surface area contributed by atoms with E-state index in [0.29, 0.717) is 30.0 Å². The number of amides is 1. The summed E-state index contributed by atoms with van der Waals surface area (Å²) in [7, 11) is 0. The molecule has 3 heterocycles. The Balaban J connectivity index is 1.98. The highest BCUT2D eigenvalue weighted by atomic mass is 16.5. The van der Waals surface area contributed by atoms with E-state index in [1.54, 1.807) is 25.5 Å². The number of carbonyl (C=O) groups excluding carboxylic acids is 1. The Hall–Kier alpha value is -2.98. The monoisotopic (exact) mass is 337 g/mol. The molecular weight excluding hydrogens is 318 g/mol. The molecule has 1 saturated heterocycles. The van der Waals surface area contributed by atoms with Gasteiger partial charge in [-0.1, -0.05) is 11.8 Å². The Morgan fingerprint density at radius 1 is 1.16 bits per heavy atom. The number of aryl methyl sites for hydroxylation is 2. The molecule has 2 N–H and O–H groups in total. The smallest absolute Gasteiger partial charge is 0.250 e. The van der Waals surface area contributed by atoms with E-state index in [1.807, 2.05) is 6.92 Å². The largest absolute Gasteiger partial charge is 0.378 e. The van der Waals surface area contributed by atoms with Crippen LogP contribution in [-0.4, -0.2) is 47.2 Å². The van der Waals surface area contributed by atoms with Gasteiger partial charge < -0.3 is 15.4 Å². The minimum atomic E-state index is -0.512. The normalized spacial score (nSPS) is 13.9. The number of morpholine rings is 1. The van der Waals surface area contributed by atoms with Gasteiger partial charge >= 0.3 is 0 Å². The molecule has 7 nitrogen and oxygen atoms in total. The number of hydrogen-bond donors (Lipinski definition) is 1. The minimum Gasteiger partial charge on any atom is -0.378 e. The van der Waals surface area contributed by atoms with Crippen molar-refractivity contribution in [2.75, 3.05) is 31.2 Å². The highest BCUT2D eigenvalue weighted by molar-refractivity contribution is 5.94. The zero-order chi connectivity index (χ0) is 17.8. The maximum absolute atomic E-state index is 11.5. The van der Waals surface area contributed by atoms with Crippen molar-refractivity contribution in [2.24, 2.45) is 5.73 Å². The summed E-state index contributed by atoms with van der Waals surface area (Å²) >= 11 is 0. The van der Waals surface area contributed by atoms with Crippen LogP contribution in [0.5, 0.6) is 0 Å². The van der Waals surface area contributed by atoms with E-state index in [1.165, 1.54) is 0 Å². The molecule has 2 aromatic heterocycles. The summed E-state index contributed by atoms with van der Waals surface area (Å²) < 4.78 is 5.39. The number of nitrogens with zero attached hydrogens (tertiary/aromatic N) is 4. The number of primary amides is 1. The molecule has 0 unspecified atom stereocenters. The zero-order valence-electron chi connectivity index (χ0n) is 14.2. The average molecular weight is 337 g/mol. The van der Waals surface area contributed by atoms with Crippen LogP contribution in [0.4, 0.5) is 5.82 Å². The van der Waals surface area contributed by atoms with Crippen molar-refractivity contribution in [1.82, 2.24) is 15.0 Å². The van der Waals surface area contributed by atoms with E-state index >= 15 is 0 Å². The number of anilines is 1. The van der Waals surface area contributed by atoms with Crippen molar-refractivity contribution < 1.29 is 9.53 Å². The SMILES string of the molecule is Cc1ncc(C#Cc2c(C)ncnc2N2CCOCC2)cc1C(N)=O. The molecule has 1 aliphatic rings. The predicted octanol–water partition coefficient (Wildman–Crippen LogP) is 0.824. The fourth-order valence-electron chi connectivity index (χ4n) is 2.61. The lowest BCUT2D eigenvalue weighted by molar-refractivity contribution is 0.0999. The fourth-order valence-corrected chi connectivity index (χ4v) is 2.61. The molecule has 1 aliphatic heterocycles. The van der Waals surface area contributed by atoms with Gasteiger partial charge in [-0.15, -0.1) is 0 Å². The van der Waals surface area contributed by atoms with E-state index in [0.717, 1.165) is 30.2 Å². The highest BCUT2D eigenvalue weighted by Gasteiger charge is 2.17. The molecule has 25 heavy (non-hydrogen) atoms. The summed E-state index contributed by atoms with van der Waals surface area (Å²) in [5, 5.41) is 0. The molecule has 0 saturated carbocycles. The summed E-state index contributed by atoms with van der Waals surface area (Å²) in [6.45, 7) is 6.51. The summed E-state index contributed by atoms with van der Waals surface area (Å²) in [6.07, 6.45) is 3.17. The van der Waals surface area contributed by atoms with Gasteiger partial charge in [0.25, 0.3) is 5.91 Å². The fraction of sp³-hybridized carbons (Fsp3) is 0.333. The van der Waals surface area contributed by atoms with Gasteiger partial charge in [0.15, 0.2) is 0 Å². The van der Waals surface area contributed by atoms with Gasteiger partial charge in [0.05, 0.1) is 35.7 Å². The first-order chi connectivity index (χ1) is 12.1. The lowest BCUT2D eigenvalue weighted by Crippen LogP contribution is -2.37. The molecule has 2 aromatic rings. The lowest BCUT2D eigenvalue weighted by atomic mass is 10.1. The van der Waals surface area contributed by atoms with Gasteiger partial charge in [0, 0.05) is 24.8 Å². The van der Waals surface area contributed by atoms with Crippen LogP contribution in [0.25, 0.3) is 0 Å². The molecule has 3 rings (SSSR count). The summed E-state index contributed by atoms with van der Waals surface area (Å²) in [5.41, 5.74) is 8.53. The highest BCUT2D eigenvalue weighted by Crippen LogP contribution is 2.19. The quantitative estimate of drug-likeness (QED) is 0.816. The van der Waals surface area contributed by atoms with Crippen molar-refractivity contribution in [1.29, 1.82) is 0 Å². The first kappa shape index (κ1) is 16.9. The van der Waals surface area contributed by atoms with Crippen LogP contribution in [0.15, 0.2) is 18.6 Å². The predicted molar refractivity (Wildman–Crippen MR) is 93.3 cm³/mol. The number of rotatable bonds is 2. The van der Waals surface area contributed by atoms with Gasteiger partial charge in [0.1, 0.15) is 12.1 Å². The third-order valence-corrected chi connectivity index (χ3v) is 4.01. The van der Waals surface area contributed by atoms with Gasteiger partial charge in [0.2, 0.25) is 0 Å². The second kappa shape index (κ2) is 7.28. The second-order valence-electron chi connectivity index (χ2n) is 5.73. The van der Waals surface area contributed by atoms with Gasteiger partial charge in [-0.2, -0.15) is 0 Å². The van der Waals surface area contributed by atoms with Crippen molar-refractivity contribution in [3.8, 4) is 11.8 Å². The molecule has 0 aliphatic carbocycles. The van der Waals surface area contributed by atoms with Crippen LogP contribution in [0, 0.1) is 25.7 Å². The first-order valence-electron chi connectivity index (χ1n) is 7.99. The topological polar surface area (TPSA) is 94.2 Å². The molecule has 7 heteroatoms. The Kier molecular flexibility index (Phi) is 4.91. The molecule has 0 bridgehead atoms. The molecular formula is C18H19N5O2. The Morgan fingerprint density at radius 3 is 2.64 bits per heavy atom. The van der Waals surface area contributed by atoms with Gasteiger partial charge in [-0.25, -0.2) is 9.97 Å². The van der Waals surface area contributed by atoms with E-state index < -0.39 is 5.91 Å². The number of carbonyl (C=O) groups is 1. The van der Waals surface area contributed by atoms with Crippen LogP contribution >= 0.6 is 0 Å². The third kappa shape index (κ3) is 3.75. The third-order valence-electron chi connectivity index (χ3n) is 4.01. The van der Waals surface area contributed by atoms with Crippen LogP contribution in [0.2, 0.25) is 0 Å². The van der Waals surface area contributed by atoms with Crippen molar-refractivity contribution in [3.63, 3.8) is 0 Å². The van der Waals surface area contributed by atoms with E-state index in [-0.39, 0.29) is 0 Å². The lowest BCUT2D eigenvalue weighted by Gasteiger charge is -2.28. The molecule has 1 fully saturated rings. The first-order valence-corrected chi connectivity index (χ1v) is 7.99. The van der Waals surface area contributed by atoms with Crippen LogP contribution in [0.1, 0.15) is 32.9 Å². The number of aromatic nitrogens is 3. The molecule has 0 spiro atoms. The Labute approximate surface area is 146 Å². The minimum absolute atomic E-state index is 0.376. The van der Waals surface area contributed by atoms with Crippen LogP contribution < -0.4 is 10.6 Å². The molecule has 0 radical (unpaired) electrons. The maximum Gasteiger partial charge on any atom is 0.250 e. The zero-order valence-corrected chi connectivity index (χ0v) is 14.2. The number of hydrogen-bond acceptors (Lipinski definition) is 6. The number of ether oxygens (including phenoxy) is 1. The maximum atomic E-state index is 11.5. The Bertz CT molecular complexity index is 864. The van der Waals surface area contributed by atoms with Crippen LogP contribution in [-0.2, 0) is 4.74 Å². The van der Waals surface area contributed by atoms with E-state index in [4.69, 9.17) is 10.5 Å². The Morgan fingerprint density at radius 2 is 1.92 bits per heavy atom. The molecule has 0 atom stereocenters. The molecule has 128 valence electrons. The van der Waals surface area contributed by atoms with Crippen molar-refractivity contribution >= 4 is 11.7 Å². The van der Waals surface area contributed by atoms with Gasteiger partial charge in [-0.05, 0) is 19.9 Å². The number of nitrogens with two attached hydrogens (primary N) is 1. The molecule has 0 aromatic carbocycles. The van der Waals surface area contributed by atoms with Gasteiger partial charge in [-0.3, -0.25) is 9.78 Å². The van der Waals surface area contributed by atoms with E-state index in [9.17, 15) is 4.79 Å². The van der Waals surface area contributed by atoms with Crippen molar-refractivity contribution in [2.45, 2.75) is 13.8 Å².